The third-order valence-corrected chi connectivity index (χ3v) is 3.78. The minimum atomic E-state index is -0.889. The van der Waals surface area contributed by atoms with Gasteiger partial charge in [0.2, 0.25) is 0 Å². The molecule has 0 aromatic heterocycles. The van der Waals surface area contributed by atoms with Gasteiger partial charge < -0.3 is 15.8 Å². The highest BCUT2D eigenvalue weighted by Gasteiger charge is 2.17. The van der Waals surface area contributed by atoms with Crippen molar-refractivity contribution in [2.45, 2.75) is 13.3 Å². The number of nitro groups is 1. The van der Waals surface area contributed by atoms with Crippen molar-refractivity contribution < 1.29 is 19.2 Å². The zero-order valence-corrected chi connectivity index (χ0v) is 14.2. The van der Waals surface area contributed by atoms with Gasteiger partial charge in [-0.25, -0.2) is 4.79 Å². The molecule has 0 spiro atoms. The molecule has 0 heterocycles. The maximum absolute atomic E-state index is 12.0. The van der Waals surface area contributed by atoms with E-state index in [0.717, 1.165) is 17.2 Å². The summed E-state index contributed by atoms with van der Waals surface area (Å²) in [4.78, 5) is 33.9. The van der Waals surface area contributed by atoms with Gasteiger partial charge >= 0.3 is 5.97 Å². The fourth-order valence-corrected chi connectivity index (χ4v) is 2.32. The molecule has 0 saturated carbocycles. The van der Waals surface area contributed by atoms with Crippen molar-refractivity contribution in [1.29, 1.82) is 0 Å². The van der Waals surface area contributed by atoms with Crippen LogP contribution in [-0.4, -0.2) is 30.0 Å². The van der Waals surface area contributed by atoms with Crippen LogP contribution in [0.15, 0.2) is 42.5 Å². The molecule has 0 bridgehead atoms. The maximum Gasteiger partial charge on any atom is 0.341 e. The van der Waals surface area contributed by atoms with Gasteiger partial charge in [0.1, 0.15) is 0 Å². The zero-order valence-electron chi connectivity index (χ0n) is 14.2. The van der Waals surface area contributed by atoms with Crippen LogP contribution < -0.4 is 11.1 Å². The Labute approximate surface area is 150 Å². The van der Waals surface area contributed by atoms with E-state index in [9.17, 15) is 19.7 Å². The van der Waals surface area contributed by atoms with Crippen molar-refractivity contribution in [3.63, 3.8) is 0 Å². The van der Waals surface area contributed by atoms with Crippen LogP contribution in [0.25, 0.3) is 0 Å². The molecule has 2 aromatic rings. The molecule has 136 valence electrons. The van der Waals surface area contributed by atoms with Crippen LogP contribution in [0.3, 0.4) is 0 Å². The molecule has 8 nitrogen and oxygen atoms in total. The molecule has 3 N–H and O–H groups in total. The molecule has 0 radical (unpaired) electrons. The highest BCUT2D eigenvalue weighted by molar-refractivity contribution is 5.96. The third kappa shape index (κ3) is 5.04. The molecule has 0 aliphatic rings. The van der Waals surface area contributed by atoms with Crippen molar-refractivity contribution >= 4 is 23.3 Å². The number of carbonyl (C=O) groups is 2. The summed E-state index contributed by atoms with van der Waals surface area (Å²) < 4.78 is 4.88. The summed E-state index contributed by atoms with van der Waals surface area (Å²) >= 11 is 0. The molecule has 2 rings (SSSR count). The number of nitrogens with one attached hydrogen (secondary N) is 1. The first-order valence-corrected chi connectivity index (χ1v) is 7.90. The van der Waals surface area contributed by atoms with E-state index < -0.39 is 23.4 Å². The van der Waals surface area contributed by atoms with Gasteiger partial charge in [-0.15, -0.1) is 0 Å². The summed E-state index contributed by atoms with van der Waals surface area (Å²) in [5.74, 6) is -1.35. The topological polar surface area (TPSA) is 125 Å². The van der Waals surface area contributed by atoms with E-state index in [4.69, 9.17) is 10.5 Å². The largest absolute Gasteiger partial charge is 0.452 e. The standard InChI is InChI=1S/C18H19N3O5/c1-12-4-2-3-5-13(12)8-9-20-17(22)11-26-18(23)15-10-14(21(24)25)6-7-16(15)19/h2-7,10H,8-9,11,19H2,1H3,(H,20,22). The van der Waals surface area contributed by atoms with E-state index in [0.29, 0.717) is 13.0 Å². The first-order valence-electron chi connectivity index (χ1n) is 7.90. The quantitative estimate of drug-likeness (QED) is 0.338. The fourth-order valence-electron chi connectivity index (χ4n) is 2.32. The Bertz CT molecular complexity index is 835. The van der Waals surface area contributed by atoms with Crippen LogP contribution in [0.2, 0.25) is 0 Å². The number of non-ortho nitro benzene ring substituents is 1. The van der Waals surface area contributed by atoms with Crippen molar-refractivity contribution in [2.75, 3.05) is 18.9 Å². The Morgan fingerprint density at radius 3 is 2.65 bits per heavy atom. The van der Waals surface area contributed by atoms with Crippen LogP contribution >= 0.6 is 0 Å². The number of esters is 1. The minimum absolute atomic E-state index is 0.0422. The Morgan fingerprint density at radius 1 is 1.23 bits per heavy atom. The first kappa shape index (κ1) is 18.9. The average molecular weight is 357 g/mol. The molecule has 0 saturated heterocycles. The number of nitrogens with two attached hydrogens (primary N) is 1. The number of hydrogen-bond donors (Lipinski definition) is 2. The molecule has 0 unspecified atom stereocenters. The highest BCUT2D eigenvalue weighted by atomic mass is 16.6. The Balaban J connectivity index is 1.83. The highest BCUT2D eigenvalue weighted by Crippen LogP contribution is 2.20. The predicted octanol–water partition coefficient (Wildman–Crippen LogP) is 2.00. The van der Waals surface area contributed by atoms with Crippen molar-refractivity contribution in [2.24, 2.45) is 0 Å². The van der Waals surface area contributed by atoms with E-state index >= 15 is 0 Å². The molecule has 0 aliphatic heterocycles. The SMILES string of the molecule is Cc1ccccc1CCNC(=O)COC(=O)c1cc([N+](=O)[O-])ccc1N. The molecule has 8 heteroatoms. The van der Waals surface area contributed by atoms with Crippen molar-refractivity contribution in [1.82, 2.24) is 5.32 Å². The number of anilines is 1. The molecule has 1 amide bonds. The van der Waals surface area contributed by atoms with Gasteiger partial charge in [-0.3, -0.25) is 14.9 Å². The molecule has 0 aliphatic carbocycles. The van der Waals surface area contributed by atoms with Crippen LogP contribution in [0, 0.1) is 17.0 Å². The number of ether oxygens (including phenoxy) is 1. The second-order valence-electron chi connectivity index (χ2n) is 5.63. The molecular formula is C18H19N3O5. The van der Waals surface area contributed by atoms with Crippen molar-refractivity contribution in [3.8, 4) is 0 Å². The third-order valence-electron chi connectivity index (χ3n) is 3.78. The Hall–Kier alpha value is -3.42. The number of nitrogens with zero attached hydrogens (tertiary/aromatic N) is 1. The minimum Gasteiger partial charge on any atom is -0.452 e. The molecule has 0 atom stereocenters. The number of hydrogen-bond acceptors (Lipinski definition) is 6. The number of nitro benzene ring substituents is 1. The summed E-state index contributed by atoms with van der Waals surface area (Å²) in [6.45, 7) is 1.90. The average Bonchev–Trinajstić information content (AvgIpc) is 2.61. The fraction of sp³-hybridized carbons (Fsp3) is 0.222. The lowest BCUT2D eigenvalue weighted by Gasteiger charge is -2.09. The maximum atomic E-state index is 12.0. The lowest BCUT2D eigenvalue weighted by atomic mass is 10.1. The number of aryl methyl sites for hydroxylation is 1. The van der Waals surface area contributed by atoms with Gasteiger partial charge in [0, 0.05) is 24.4 Å². The zero-order chi connectivity index (χ0) is 19.1. The first-order chi connectivity index (χ1) is 12.4. The summed E-state index contributed by atoms with van der Waals surface area (Å²) in [7, 11) is 0. The molecule has 26 heavy (non-hydrogen) atoms. The second-order valence-corrected chi connectivity index (χ2v) is 5.63. The van der Waals surface area contributed by atoms with Gasteiger partial charge in [0.05, 0.1) is 10.5 Å². The van der Waals surface area contributed by atoms with E-state index in [1.165, 1.54) is 12.1 Å². The molecular weight excluding hydrogens is 338 g/mol. The summed E-state index contributed by atoms with van der Waals surface area (Å²) in [6.07, 6.45) is 0.657. The van der Waals surface area contributed by atoms with E-state index in [2.05, 4.69) is 5.32 Å². The van der Waals surface area contributed by atoms with E-state index in [-0.39, 0.29) is 16.9 Å². The number of nitrogen functional groups attached to an aromatic ring is 1. The van der Waals surface area contributed by atoms with Crippen LogP contribution in [0.5, 0.6) is 0 Å². The number of rotatable bonds is 7. The van der Waals surface area contributed by atoms with Gasteiger partial charge in [0.25, 0.3) is 11.6 Å². The van der Waals surface area contributed by atoms with E-state index in [1.54, 1.807) is 0 Å². The number of carbonyl (C=O) groups excluding carboxylic acids is 2. The predicted molar refractivity (Wildman–Crippen MR) is 95.7 cm³/mol. The van der Waals surface area contributed by atoms with Gasteiger partial charge in [-0.05, 0) is 30.5 Å². The second kappa shape index (κ2) is 8.61. The number of amides is 1. The summed E-state index contributed by atoms with van der Waals surface area (Å²) in [5, 5.41) is 13.4. The molecule has 0 fully saturated rings. The van der Waals surface area contributed by atoms with Crippen molar-refractivity contribution in [3.05, 3.63) is 69.3 Å². The normalized spacial score (nSPS) is 10.2. The Morgan fingerprint density at radius 2 is 1.96 bits per heavy atom. The van der Waals surface area contributed by atoms with Gasteiger partial charge in [-0.2, -0.15) is 0 Å². The van der Waals surface area contributed by atoms with Crippen LogP contribution in [0.1, 0.15) is 21.5 Å². The van der Waals surface area contributed by atoms with Crippen LogP contribution in [-0.2, 0) is 16.0 Å². The summed E-state index contributed by atoms with van der Waals surface area (Å²) in [6, 6.07) is 11.3. The molecule has 2 aromatic carbocycles. The summed E-state index contributed by atoms with van der Waals surface area (Å²) in [5.41, 5.74) is 7.50. The lowest BCUT2D eigenvalue weighted by molar-refractivity contribution is -0.384. The smallest absolute Gasteiger partial charge is 0.341 e. The van der Waals surface area contributed by atoms with Gasteiger partial charge in [-0.1, -0.05) is 24.3 Å². The van der Waals surface area contributed by atoms with Crippen LogP contribution in [0.4, 0.5) is 11.4 Å². The van der Waals surface area contributed by atoms with Gasteiger partial charge in [0.15, 0.2) is 6.61 Å². The Kier molecular flexibility index (Phi) is 6.26. The lowest BCUT2D eigenvalue weighted by Crippen LogP contribution is -2.30. The van der Waals surface area contributed by atoms with E-state index in [1.807, 2.05) is 31.2 Å². The number of benzene rings is 2. The monoisotopic (exact) mass is 357 g/mol.